The van der Waals surface area contributed by atoms with Crippen molar-refractivity contribution >= 4 is 12.0 Å². The molecule has 0 spiro atoms. The van der Waals surface area contributed by atoms with E-state index >= 15 is 0 Å². The van der Waals surface area contributed by atoms with Gasteiger partial charge >= 0.3 is 6.09 Å². The lowest BCUT2D eigenvalue weighted by Gasteiger charge is -2.34. The van der Waals surface area contributed by atoms with Gasteiger partial charge in [-0.2, -0.15) is 0 Å². The van der Waals surface area contributed by atoms with Crippen LogP contribution < -0.4 is 4.74 Å². The van der Waals surface area contributed by atoms with Crippen molar-refractivity contribution in [3.8, 4) is 5.75 Å². The van der Waals surface area contributed by atoms with Crippen molar-refractivity contribution in [1.29, 1.82) is 0 Å². The summed E-state index contributed by atoms with van der Waals surface area (Å²) in [4.78, 5) is 27.5. The molecule has 0 aliphatic carbocycles. The summed E-state index contributed by atoms with van der Waals surface area (Å²) < 4.78 is 10.2. The number of nitrogens with zero attached hydrogens (tertiary/aromatic N) is 2. The fourth-order valence-corrected chi connectivity index (χ4v) is 2.86. The smallest absolute Gasteiger partial charge is 0.409 e. The molecule has 2 amide bonds. The molecular formula is C18H26N2O4. The fourth-order valence-electron chi connectivity index (χ4n) is 2.86. The molecule has 1 aliphatic heterocycles. The summed E-state index contributed by atoms with van der Waals surface area (Å²) in [6.45, 7) is 6.37. The zero-order valence-corrected chi connectivity index (χ0v) is 14.7. The molecule has 0 N–H and O–H groups in total. The molecule has 0 unspecified atom stereocenters. The standard InChI is InChI=1S/C18H26N2O4/c1-4-24-18(22)20-11-9-19(10-12-20)17(21)8-6-15-5-7-16(23-3)14(2)13-15/h5,7,13H,4,6,8-12H2,1-3H3. The van der Waals surface area contributed by atoms with Crippen molar-refractivity contribution in [2.75, 3.05) is 39.9 Å². The number of carbonyl (C=O) groups excluding carboxylic acids is 2. The molecular weight excluding hydrogens is 308 g/mol. The van der Waals surface area contributed by atoms with Gasteiger partial charge in [0.1, 0.15) is 5.75 Å². The van der Waals surface area contributed by atoms with E-state index in [1.165, 1.54) is 0 Å². The molecule has 0 radical (unpaired) electrons. The number of benzene rings is 1. The molecule has 1 aliphatic rings. The SMILES string of the molecule is CCOC(=O)N1CCN(C(=O)CCc2ccc(OC)c(C)c2)CC1. The van der Waals surface area contributed by atoms with Crippen molar-refractivity contribution in [3.63, 3.8) is 0 Å². The van der Waals surface area contributed by atoms with E-state index in [-0.39, 0.29) is 12.0 Å². The molecule has 0 aromatic heterocycles. The summed E-state index contributed by atoms with van der Waals surface area (Å²) in [7, 11) is 1.65. The first kappa shape index (κ1) is 18.1. The molecule has 1 fully saturated rings. The molecule has 1 aromatic rings. The lowest BCUT2D eigenvalue weighted by atomic mass is 10.1. The minimum absolute atomic E-state index is 0.131. The number of piperazine rings is 1. The second-order valence-corrected chi connectivity index (χ2v) is 5.87. The molecule has 24 heavy (non-hydrogen) atoms. The van der Waals surface area contributed by atoms with Crippen molar-refractivity contribution in [1.82, 2.24) is 9.80 Å². The number of carbonyl (C=O) groups is 2. The molecule has 1 aromatic carbocycles. The van der Waals surface area contributed by atoms with E-state index in [4.69, 9.17) is 9.47 Å². The van der Waals surface area contributed by atoms with E-state index in [1.807, 2.05) is 24.0 Å². The van der Waals surface area contributed by atoms with Crippen LogP contribution in [0.1, 0.15) is 24.5 Å². The van der Waals surface area contributed by atoms with Gasteiger partial charge in [-0.3, -0.25) is 4.79 Å². The Kier molecular flexibility index (Phi) is 6.46. The number of rotatable bonds is 5. The summed E-state index contributed by atoms with van der Waals surface area (Å²) in [6.07, 6.45) is 0.894. The molecule has 1 saturated heterocycles. The number of hydrogen-bond acceptors (Lipinski definition) is 4. The van der Waals surface area contributed by atoms with Crippen LogP contribution in [0.2, 0.25) is 0 Å². The van der Waals surface area contributed by atoms with E-state index < -0.39 is 0 Å². The lowest BCUT2D eigenvalue weighted by Crippen LogP contribution is -2.50. The van der Waals surface area contributed by atoms with Gasteiger partial charge in [0.15, 0.2) is 0 Å². The third kappa shape index (κ3) is 4.63. The Bertz CT molecular complexity index is 580. The fraction of sp³-hybridized carbons (Fsp3) is 0.556. The van der Waals surface area contributed by atoms with Crippen LogP contribution in [0.4, 0.5) is 4.79 Å². The summed E-state index contributed by atoms with van der Waals surface area (Å²) in [6, 6.07) is 6.00. The first-order chi connectivity index (χ1) is 11.5. The van der Waals surface area contributed by atoms with Gasteiger partial charge in [0.2, 0.25) is 5.91 Å². The number of methoxy groups -OCH3 is 1. The quantitative estimate of drug-likeness (QED) is 0.828. The van der Waals surface area contributed by atoms with Gasteiger partial charge in [-0.05, 0) is 37.5 Å². The summed E-state index contributed by atoms with van der Waals surface area (Å²) in [5.41, 5.74) is 2.21. The van der Waals surface area contributed by atoms with Crippen LogP contribution in [-0.4, -0.2) is 61.7 Å². The van der Waals surface area contributed by atoms with Crippen LogP contribution >= 0.6 is 0 Å². The normalized spacial score (nSPS) is 14.5. The van der Waals surface area contributed by atoms with Gasteiger partial charge < -0.3 is 19.3 Å². The maximum absolute atomic E-state index is 12.3. The van der Waals surface area contributed by atoms with Crippen LogP contribution in [0.5, 0.6) is 5.75 Å². The van der Waals surface area contributed by atoms with Crippen LogP contribution in [-0.2, 0) is 16.0 Å². The minimum atomic E-state index is -0.293. The minimum Gasteiger partial charge on any atom is -0.496 e. The van der Waals surface area contributed by atoms with Crippen molar-refractivity contribution in [2.45, 2.75) is 26.7 Å². The second-order valence-electron chi connectivity index (χ2n) is 5.87. The van der Waals surface area contributed by atoms with Crippen molar-refractivity contribution < 1.29 is 19.1 Å². The Balaban J connectivity index is 1.79. The zero-order chi connectivity index (χ0) is 17.5. The van der Waals surface area contributed by atoms with Crippen LogP contribution in [0.15, 0.2) is 18.2 Å². The third-order valence-electron chi connectivity index (χ3n) is 4.25. The summed E-state index contributed by atoms with van der Waals surface area (Å²) in [5.74, 6) is 0.993. The third-order valence-corrected chi connectivity index (χ3v) is 4.25. The average Bonchev–Trinajstić information content (AvgIpc) is 2.60. The molecule has 132 valence electrons. The van der Waals surface area contributed by atoms with E-state index in [9.17, 15) is 9.59 Å². The molecule has 0 bridgehead atoms. The lowest BCUT2D eigenvalue weighted by molar-refractivity contribution is -0.132. The summed E-state index contributed by atoms with van der Waals surface area (Å²) in [5, 5.41) is 0. The first-order valence-electron chi connectivity index (χ1n) is 8.38. The predicted molar refractivity (Wildman–Crippen MR) is 91.2 cm³/mol. The molecule has 6 heteroatoms. The second kappa shape index (κ2) is 8.57. The molecule has 0 saturated carbocycles. The maximum atomic E-state index is 12.3. The number of hydrogen-bond donors (Lipinski definition) is 0. The first-order valence-corrected chi connectivity index (χ1v) is 8.38. The van der Waals surface area contributed by atoms with Gasteiger partial charge in [-0.25, -0.2) is 4.79 Å². The largest absolute Gasteiger partial charge is 0.496 e. The maximum Gasteiger partial charge on any atom is 0.409 e. The predicted octanol–water partition coefficient (Wildman–Crippen LogP) is 2.24. The highest BCUT2D eigenvalue weighted by molar-refractivity contribution is 5.77. The van der Waals surface area contributed by atoms with Crippen molar-refractivity contribution in [2.24, 2.45) is 0 Å². The molecule has 6 nitrogen and oxygen atoms in total. The van der Waals surface area contributed by atoms with Gasteiger partial charge in [-0.1, -0.05) is 12.1 Å². The molecule has 1 heterocycles. The van der Waals surface area contributed by atoms with Gasteiger partial charge in [0, 0.05) is 32.6 Å². The highest BCUT2D eigenvalue weighted by Gasteiger charge is 2.24. The Morgan fingerprint density at radius 1 is 1.12 bits per heavy atom. The Hall–Kier alpha value is -2.24. The van der Waals surface area contributed by atoms with Gasteiger partial charge in [-0.15, -0.1) is 0 Å². The van der Waals surface area contributed by atoms with Crippen molar-refractivity contribution in [3.05, 3.63) is 29.3 Å². The van der Waals surface area contributed by atoms with E-state index in [2.05, 4.69) is 6.07 Å². The van der Waals surface area contributed by atoms with Crippen LogP contribution in [0, 0.1) is 6.92 Å². The van der Waals surface area contributed by atoms with E-state index in [1.54, 1.807) is 18.9 Å². The van der Waals surface area contributed by atoms with Crippen LogP contribution in [0.3, 0.4) is 0 Å². The number of ether oxygens (including phenoxy) is 2. The van der Waals surface area contributed by atoms with E-state index in [0.717, 1.165) is 16.9 Å². The highest BCUT2D eigenvalue weighted by Crippen LogP contribution is 2.19. The number of amides is 2. The number of aryl methyl sites for hydroxylation is 2. The van der Waals surface area contributed by atoms with Crippen LogP contribution in [0.25, 0.3) is 0 Å². The zero-order valence-electron chi connectivity index (χ0n) is 14.7. The monoisotopic (exact) mass is 334 g/mol. The highest BCUT2D eigenvalue weighted by atomic mass is 16.6. The summed E-state index contributed by atoms with van der Waals surface area (Å²) >= 11 is 0. The molecule has 2 rings (SSSR count). The topological polar surface area (TPSA) is 59.1 Å². The molecule has 0 atom stereocenters. The average molecular weight is 334 g/mol. The Morgan fingerprint density at radius 3 is 2.38 bits per heavy atom. The Labute approximate surface area is 143 Å². The van der Waals surface area contributed by atoms with Gasteiger partial charge in [0.05, 0.1) is 13.7 Å². The van der Waals surface area contributed by atoms with E-state index in [0.29, 0.717) is 45.6 Å². The van der Waals surface area contributed by atoms with Gasteiger partial charge in [0.25, 0.3) is 0 Å². The Morgan fingerprint density at radius 2 is 1.79 bits per heavy atom.